The zero-order valence-corrected chi connectivity index (χ0v) is 11.8. The van der Waals surface area contributed by atoms with Crippen molar-refractivity contribution < 1.29 is 9.47 Å². The lowest BCUT2D eigenvalue weighted by atomic mass is 10.0. The molecule has 0 bridgehead atoms. The van der Waals surface area contributed by atoms with Crippen LogP contribution in [0.25, 0.3) is 0 Å². The van der Waals surface area contributed by atoms with E-state index in [1.165, 1.54) is 5.56 Å². The van der Waals surface area contributed by atoms with Gasteiger partial charge >= 0.3 is 0 Å². The van der Waals surface area contributed by atoms with Gasteiger partial charge in [-0.3, -0.25) is 4.90 Å². The maximum Gasteiger partial charge on any atom is 0.0850 e. The van der Waals surface area contributed by atoms with Crippen LogP contribution in [0, 0.1) is 0 Å². The number of nitrogens with two attached hydrogens (primary N) is 1. The fourth-order valence-electron chi connectivity index (χ4n) is 2.54. The zero-order chi connectivity index (χ0) is 13.7. The van der Waals surface area contributed by atoms with Gasteiger partial charge in [-0.05, 0) is 12.5 Å². The van der Waals surface area contributed by atoms with Crippen LogP contribution in [0.1, 0.15) is 18.5 Å². The lowest BCUT2D eigenvalue weighted by Crippen LogP contribution is -2.51. The van der Waals surface area contributed by atoms with E-state index < -0.39 is 0 Å². The number of ether oxygens (including phenoxy) is 2. The van der Waals surface area contributed by atoms with Crippen LogP contribution in [0.2, 0.25) is 0 Å². The van der Waals surface area contributed by atoms with Gasteiger partial charge in [0, 0.05) is 26.2 Å². The molecule has 19 heavy (non-hydrogen) atoms. The van der Waals surface area contributed by atoms with E-state index >= 15 is 0 Å². The van der Waals surface area contributed by atoms with Gasteiger partial charge in [0.2, 0.25) is 0 Å². The lowest BCUT2D eigenvalue weighted by Gasteiger charge is -2.39. The van der Waals surface area contributed by atoms with Crippen molar-refractivity contribution in [1.29, 1.82) is 0 Å². The third kappa shape index (κ3) is 3.76. The highest BCUT2D eigenvalue weighted by Gasteiger charge is 2.29. The van der Waals surface area contributed by atoms with Gasteiger partial charge in [0.1, 0.15) is 0 Å². The van der Waals surface area contributed by atoms with E-state index in [1.54, 1.807) is 7.11 Å². The molecule has 4 nitrogen and oxygen atoms in total. The van der Waals surface area contributed by atoms with E-state index in [1.807, 2.05) is 13.0 Å². The summed E-state index contributed by atoms with van der Waals surface area (Å²) in [5.74, 6) is 0. The largest absolute Gasteiger partial charge is 0.383 e. The highest BCUT2D eigenvalue weighted by molar-refractivity contribution is 5.19. The summed E-state index contributed by atoms with van der Waals surface area (Å²) in [5.41, 5.74) is 7.25. The number of methoxy groups -OCH3 is 1. The first-order valence-corrected chi connectivity index (χ1v) is 6.87. The number of hydrogen-bond donors (Lipinski definition) is 1. The van der Waals surface area contributed by atoms with Gasteiger partial charge in [-0.25, -0.2) is 0 Å². The van der Waals surface area contributed by atoms with Crippen molar-refractivity contribution in [2.24, 2.45) is 5.73 Å². The molecule has 1 aromatic carbocycles. The summed E-state index contributed by atoms with van der Waals surface area (Å²) in [5, 5.41) is 0. The molecule has 1 aliphatic rings. The molecule has 2 N–H and O–H groups in total. The summed E-state index contributed by atoms with van der Waals surface area (Å²) >= 11 is 0. The molecule has 1 heterocycles. The number of benzene rings is 1. The van der Waals surface area contributed by atoms with Gasteiger partial charge in [-0.2, -0.15) is 0 Å². The van der Waals surface area contributed by atoms with Crippen molar-refractivity contribution >= 4 is 0 Å². The highest BCUT2D eigenvalue weighted by Crippen LogP contribution is 2.23. The topological polar surface area (TPSA) is 47.7 Å². The molecule has 0 aliphatic carbocycles. The smallest absolute Gasteiger partial charge is 0.0850 e. The molecule has 4 heteroatoms. The summed E-state index contributed by atoms with van der Waals surface area (Å²) in [7, 11) is 1.75. The minimum absolute atomic E-state index is 0.0572. The monoisotopic (exact) mass is 264 g/mol. The Bertz CT molecular complexity index is 370. The number of hydrogen-bond acceptors (Lipinski definition) is 4. The maximum atomic E-state index is 5.96. The molecule has 106 valence electrons. The third-order valence-electron chi connectivity index (χ3n) is 3.66. The van der Waals surface area contributed by atoms with Crippen LogP contribution in [-0.2, 0) is 9.47 Å². The van der Waals surface area contributed by atoms with Gasteiger partial charge in [0.05, 0.1) is 25.4 Å². The Morgan fingerprint density at radius 2 is 2.16 bits per heavy atom. The molecule has 1 aliphatic heterocycles. The fraction of sp³-hybridized carbons (Fsp3) is 0.600. The van der Waals surface area contributed by atoms with Crippen molar-refractivity contribution in [3.8, 4) is 0 Å². The third-order valence-corrected chi connectivity index (χ3v) is 3.66. The second-order valence-corrected chi connectivity index (χ2v) is 5.15. The predicted molar refractivity (Wildman–Crippen MR) is 76.0 cm³/mol. The summed E-state index contributed by atoms with van der Waals surface area (Å²) in [6.07, 6.45) is 0.108. The van der Waals surface area contributed by atoms with Crippen molar-refractivity contribution in [2.75, 3.05) is 33.4 Å². The number of rotatable bonds is 5. The molecular weight excluding hydrogens is 240 g/mol. The molecule has 3 unspecified atom stereocenters. The first-order chi connectivity index (χ1) is 9.22. The Hall–Kier alpha value is -0.940. The average molecular weight is 264 g/mol. The van der Waals surface area contributed by atoms with Gasteiger partial charge in [-0.15, -0.1) is 0 Å². The maximum absolute atomic E-state index is 5.96. The SMILES string of the molecule is COCC(c1ccccc1)N1CCOC(C(C)N)C1. The van der Waals surface area contributed by atoms with Crippen molar-refractivity contribution in [3.05, 3.63) is 35.9 Å². The van der Waals surface area contributed by atoms with E-state index in [4.69, 9.17) is 15.2 Å². The van der Waals surface area contributed by atoms with Crippen molar-refractivity contribution in [3.63, 3.8) is 0 Å². The van der Waals surface area contributed by atoms with Gasteiger partial charge < -0.3 is 15.2 Å². The molecule has 1 fully saturated rings. The van der Waals surface area contributed by atoms with Gasteiger partial charge in [0.25, 0.3) is 0 Å². The molecule has 1 saturated heterocycles. The molecule has 1 aromatic rings. The Balaban J connectivity index is 2.10. The normalized spacial score (nSPS) is 24.1. The van der Waals surface area contributed by atoms with Crippen LogP contribution in [0.15, 0.2) is 30.3 Å². The lowest BCUT2D eigenvalue weighted by molar-refractivity contribution is -0.0617. The molecule has 0 aromatic heterocycles. The molecular formula is C15H24N2O2. The minimum Gasteiger partial charge on any atom is -0.383 e. The zero-order valence-electron chi connectivity index (χ0n) is 11.8. The van der Waals surface area contributed by atoms with Crippen LogP contribution in [0.3, 0.4) is 0 Å². The van der Waals surface area contributed by atoms with Gasteiger partial charge in [0.15, 0.2) is 0 Å². The predicted octanol–water partition coefficient (Wildman–Crippen LogP) is 1.42. The van der Waals surface area contributed by atoms with E-state index in [0.717, 1.165) is 19.7 Å². The second kappa shape index (κ2) is 7.01. The van der Waals surface area contributed by atoms with E-state index in [-0.39, 0.29) is 18.2 Å². The van der Waals surface area contributed by atoms with E-state index in [0.29, 0.717) is 6.61 Å². The second-order valence-electron chi connectivity index (χ2n) is 5.15. The van der Waals surface area contributed by atoms with Gasteiger partial charge in [-0.1, -0.05) is 30.3 Å². The Kier molecular flexibility index (Phi) is 5.34. The Morgan fingerprint density at radius 3 is 2.79 bits per heavy atom. The molecule has 0 radical (unpaired) electrons. The first kappa shape index (κ1) is 14.5. The van der Waals surface area contributed by atoms with Crippen LogP contribution >= 0.6 is 0 Å². The summed E-state index contributed by atoms with van der Waals surface area (Å²) < 4.78 is 11.1. The van der Waals surface area contributed by atoms with E-state index in [2.05, 4.69) is 29.2 Å². The molecule has 0 spiro atoms. The highest BCUT2D eigenvalue weighted by atomic mass is 16.5. The summed E-state index contributed by atoms with van der Waals surface area (Å²) in [6.45, 7) is 5.21. The van der Waals surface area contributed by atoms with Crippen LogP contribution in [0.5, 0.6) is 0 Å². The van der Waals surface area contributed by atoms with Crippen molar-refractivity contribution in [1.82, 2.24) is 4.90 Å². The summed E-state index contributed by atoms with van der Waals surface area (Å²) in [4.78, 5) is 2.41. The molecule has 0 saturated carbocycles. The molecule has 3 atom stereocenters. The average Bonchev–Trinajstić information content (AvgIpc) is 2.46. The fourth-order valence-corrected chi connectivity index (χ4v) is 2.54. The first-order valence-electron chi connectivity index (χ1n) is 6.87. The minimum atomic E-state index is 0.0572. The van der Waals surface area contributed by atoms with Crippen molar-refractivity contribution in [2.45, 2.75) is 25.1 Å². The Labute approximate surface area is 115 Å². The van der Waals surface area contributed by atoms with Crippen LogP contribution < -0.4 is 5.73 Å². The quantitative estimate of drug-likeness (QED) is 0.874. The summed E-state index contributed by atoms with van der Waals surface area (Å²) in [6, 6.07) is 10.8. The number of nitrogens with zero attached hydrogens (tertiary/aromatic N) is 1. The van der Waals surface area contributed by atoms with Crippen LogP contribution in [0.4, 0.5) is 0 Å². The Morgan fingerprint density at radius 1 is 1.42 bits per heavy atom. The molecule has 2 rings (SSSR count). The molecule has 0 amide bonds. The standard InChI is InChI=1S/C15H24N2O2/c1-12(16)15-10-17(8-9-19-15)14(11-18-2)13-6-4-3-5-7-13/h3-7,12,14-15H,8-11,16H2,1-2H3. The number of morpholine rings is 1. The van der Waals surface area contributed by atoms with Crippen LogP contribution in [-0.4, -0.2) is 50.5 Å². The van der Waals surface area contributed by atoms with E-state index in [9.17, 15) is 0 Å².